The zero-order chi connectivity index (χ0) is 20.7. The first kappa shape index (κ1) is 22.0. The van der Waals surface area contributed by atoms with Crippen molar-refractivity contribution in [2.45, 2.75) is 6.92 Å². The van der Waals surface area contributed by atoms with Crippen molar-refractivity contribution in [1.29, 1.82) is 0 Å². The van der Waals surface area contributed by atoms with Gasteiger partial charge in [0.25, 0.3) is 5.91 Å². The van der Waals surface area contributed by atoms with Crippen LogP contribution >= 0.6 is 27.5 Å². The fourth-order valence-corrected chi connectivity index (χ4v) is 2.93. The molecule has 148 valence electrons. The highest BCUT2D eigenvalue weighted by atomic mass is 79.9. The van der Waals surface area contributed by atoms with Gasteiger partial charge >= 0.3 is 0 Å². The van der Waals surface area contributed by atoms with Gasteiger partial charge in [-0.3, -0.25) is 9.59 Å². The second-order valence-corrected chi connectivity index (χ2v) is 7.34. The van der Waals surface area contributed by atoms with Crippen molar-refractivity contribution in [1.82, 2.24) is 4.90 Å². The Balaban J connectivity index is 2.22. The molecule has 0 atom stereocenters. The molecule has 1 amide bonds. The molecule has 0 fully saturated rings. The number of benzene rings is 2. The molecule has 2 aromatic carbocycles. The summed E-state index contributed by atoms with van der Waals surface area (Å²) in [6.07, 6.45) is 3.18. The second-order valence-electron chi connectivity index (χ2n) is 6.04. The number of nitrogens with zero attached hydrogens (tertiary/aromatic N) is 1. The van der Waals surface area contributed by atoms with Crippen molar-refractivity contribution in [2.24, 2.45) is 0 Å². The predicted molar refractivity (Wildman–Crippen MR) is 114 cm³/mol. The standard InChI is InChI=1S/C21H21BrClNO4/c1-4-27-19-12-14(5-10-18(25)15-6-8-16(23)9-7-15)11-17(22)21(19)28-13-20(26)24(2)3/h5-12H,4,13H2,1-3H3. The minimum atomic E-state index is -0.160. The number of likely N-dealkylation sites (N-methyl/N-ethyl adjacent to an activating group) is 1. The fourth-order valence-electron chi connectivity index (χ4n) is 2.23. The number of rotatable bonds is 8. The zero-order valence-corrected chi connectivity index (χ0v) is 18.2. The maximum Gasteiger partial charge on any atom is 0.259 e. The Bertz CT molecular complexity index is 879. The molecule has 0 saturated carbocycles. The number of allylic oxidation sites excluding steroid dienone is 1. The van der Waals surface area contributed by atoms with Crippen LogP contribution in [0.2, 0.25) is 5.02 Å². The van der Waals surface area contributed by atoms with Gasteiger partial charge in [-0.2, -0.15) is 0 Å². The Morgan fingerprint density at radius 1 is 1.14 bits per heavy atom. The van der Waals surface area contributed by atoms with E-state index in [-0.39, 0.29) is 18.3 Å². The van der Waals surface area contributed by atoms with E-state index in [2.05, 4.69) is 15.9 Å². The van der Waals surface area contributed by atoms with Gasteiger partial charge in [0.15, 0.2) is 23.9 Å². The summed E-state index contributed by atoms with van der Waals surface area (Å²) in [5.74, 6) is 0.634. The molecule has 0 aliphatic rings. The normalized spacial score (nSPS) is 10.8. The molecule has 28 heavy (non-hydrogen) atoms. The van der Waals surface area contributed by atoms with Crippen LogP contribution in [-0.4, -0.2) is 43.9 Å². The number of halogens is 2. The molecule has 0 unspecified atom stereocenters. The average Bonchev–Trinajstić information content (AvgIpc) is 2.66. The Morgan fingerprint density at radius 2 is 1.82 bits per heavy atom. The molecule has 0 aliphatic carbocycles. The van der Waals surface area contributed by atoms with E-state index in [4.69, 9.17) is 21.1 Å². The third-order valence-corrected chi connectivity index (χ3v) is 4.57. The van der Waals surface area contributed by atoms with E-state index in [0.717, 1.165) is 5.56 Å². The Kier molecular flexibility index (Phi) is 8.08. The van der Waals surface area contributed by atoms with E-state index in [1.54, 1.807) is 56.6 Å². The van der Waals surface area contributed by atoms with Gasteiger partial charge in [-0.05, 0) is 70.9 Å². The predicted octanol–water partition coefficient (Wildman–Crippen LogP) is 4.86. The van der Waals surface area contributed by atoms with Crippen LogP contribution in [0.25, 0.3) is 6.08 Å². The van der Waals surface area contributed by atoms with Crippen LogP contribution in [0.4, 0.5) is 0 Å². The van der Waals surface area contributed by atoms with Crippen LogP contribution in [0.15, 0.2) is 46.9 Å². The van der Waals surface area contributed by atoms with E-state index >= 15 is 0 Å². The first-order valence-electron chi connectivity index (χ1n) is 8.59. The molecule has 5 nitrogen and oxygen atoms in total. The highest BCUT2D eigenvalue weighted by Crippen LogP contribution is 2.37. The van der Waals surface area contributed by atoms with Crippen molar-refractivity contribution >= 4 is 45.3 Å². The Labute approximate surface area is 178 Å². The summed E-state index contributed by atoms with van der Waals surface area (Å²) >= 11 is 9.30. The van der Waals surface area contributed by atoms with Crippen LogP contribution in [0.1, 0.15) is 22.8 Å². The summed E-state index contributed by atoms with van der Waals surface area (Å²) in [4.78, 5) is 25.5. The number of carbonyl (C=O) groups is 2. The summed E-state index contributed by atoms with van der Waals surface area (Å²) in [5.41, 5.74) is 1.30. The lowest BCUT2D eigenvalue weighted by Crippen LogP contribution is -2.27. The lowest BCUT2D eigenvalue weighted by Gasteiger charge is -2.16. The molecule has 0 radical (unpaired) electrons. The number of carbonyl (C=O) groups excluding carboxylic acids is 2. The number of amides is 1. The Morgan fingerprint density at radius 3 is 2.43 bits per heavy atom. The molecule has 0 saturated heterocycles. The number of ether oxygens (including phenoxy) is 2. The summed E-state index contributed by atoms with van der Waals surface area (Å²) < 4.78 is 11.9. The van der Waals surface area contributed by atoms with Gasteiger partial charge in [0, 0.05) is 24.7 Å². The SMILES string of the molecule is CCOc1cc(C=CC(=O)c2ccc(Cl)cc2)cc(Br)c1OCC(=O)N(C)C. The van der Waals surface area contributed by atoms with Crippen molar-refractivity contribution in [3.05, 3.63) is 63.1 Å². The minimum Gasteiger partial charge on any atom is -0.490 e. The van der Waals surface area contributed by atoms with Crippen LogP contribution in [0.5, 0.6) is 11.5 Å². The molecular formula is C21H21BrClNO4. The van der Waals surface area contributed by atoms with Gasteiger partial charge in [0.2, 0.25) is 0 Å². The smallest absolute Gasteiger partial charge is 0.259 e. The van der Waals surface area contributed by atoms with Gasteiger partial charge in [0.05, 0.1) is 11.1 Å². The molecule has 0 aromatic heterocycles. The lowest BCUT2D eigenvalue weighted by molar-refractivity contribution is -0.130. The van der Waals surface area contributed by atoms with Gasteiger partial charge in [-0.15, -0.1) is 0 Å². The van der Waals surface area contributed by atoms with Gasteiger partial charge < -0.3 is 14.4 Å². The van der Waals surface area contributed by atoms with Gasteiger partial charge in [0.1, 0.15) is 0 Å². The fraction of sp³-hybridized carbons (Fsp3) is 0.238. The third-order valence-electron chi connectivity index (χ3n) is 3.73. The van der Waals surface area contributed by atoms with Crippen LogP contribution in [0.3, 0.4) is 0 Å². The second kappa shape index (κ2) is 10.3. The van der Waals surface area contributed by atoms with E-state index in [1.807, 2.05) is 6.92 Å². The lowest BCUT2D eigenvalue weighted by atomic mass is 10.1. The highest BCUT2D eigenvalue weighted by molar-refractivity contribution is 9.10. The summed E-state index contributed by atoms with van der Waals surface area (Å²) in [6, 6.07) is 10.3. The van der Waals surface area contributed by atoms with Gasteiger partial charge in [-0.1, -0.05) is 17.7 Å². The molecule has 7 heteroatoms. The quantitative estimate of drug-likeness (QED) is 0.412. The summed E-state index contributed by atoms with van der Waals surface area (Å²) in [7, 11) is 3.32. The maximum atomic E-state index is 12.3. The molecule has 2 rings (SSSR count). The third kappa shape index (κ3) is 6.11. The first-order valence-corrected chi connectivity index (χ1v) is 9.76. The monoisotopic (exact) mass is 465 g/mol. The number of ketones is 1. The van der Waals surface area contributed by atoms with E-state index in [9.17, 15) is 9.59 Å². The molecular weight excluding hydrogens is 446 g/mol. The molecule has 0 heterocycles. The number of hydrogen-bond donors (Lipinski definition) is 0. The summed E-state index contributed by atoms with van der Waals surface area (Å²) in [5, 5.41) is 0.578. The van der Waals surface area contributed by atoms with E-state index in [1.165, 1.54) is 11.0 Å². The van der Waals surface area contributed by atoms with E-state index in [0.29, 0.717) is 33.2 Å². The molecule has 0 spiro atoms. The van der Waals surface area contributed by atoms with E-state index < -0.39 is 0 Å². The molecule has 0 aliphatic heterocycles. The average molecular weight is 467 g/mol. The van der Waals surface area contributed by atoms with Gasteiger partial charge in [-0.25, -0.2) is 0 Å². The van der Waals surface area contributed by atoms with Crippen molar-refractivity contribution in [3.8, 4) is 11.5 Å². The molecule has 0 N–H and O–H groups in total. The molecule has 0 bridgehead atoms. The highest BCUT2D eigenvalue weighted by Gasteiger charge is 2.14. The van der Waals surface area contributed by atoms with Crippen molar-refractivity contribution in [3.63, 3.8) is 0 Å². The topological polar surface area (TPSA) is 55.8 Å². The molecule has 2 aromatic rings. The minimum absolute atomic E-state index is 0.101. The number of hydrogen-bond acceptors (Lipinski definition) is 4. The van der Waals surface area contributed by atoms with Crippen molar-refractivity contribution < 1.29 is 19.1 Å². The van der Waals surface area contributed by atoms with Crippen LogP contribution < -0.4 is 9.47 Å². The maximum absolute atomic E-state index is 12.3. The van der Waals surface area contributed by atoms with Crippen LogP contribution in [0, 0.1) is 0 Å². The van der Waals surface area contributed by atoms with Crippen molar-refractivity contribution in [2.75, 3.05) is 27.3 Å². The summed E-state index contributed by atoms with van der Waals surface area (Å²) in [6.45, 7) is 2.19. The largest absolute Gasteiger partial charge is 0.490 e. The van der Waals surface area contributed by atoms with Crippen LogP contribution in [-0.2, 0) is 4.79 Å². The first-order chi connectivity index (χ1) is 13.3. The Hall–Kier alpha value is -2.31. The zero-order valence-electron chi connectivity index (χ0n) is 15.9.